The summed E-state index contributed by atoms with van der Waals surface area (Å²) in [6, 6.07) is 8.89. The van der Waals surface area contributed by atoms with Crippen molar-refractivity contribution >= 4 is 17.3 Å². The van der Waals surface area contributed by atoms with E-state index in [9.17, 15) is 4.79 Å². The van der Waals surface area contributed by atoms with Gasteiger partial charge >= 0.3 is 0 Å². The van der Waals surface area contributed by atoms with Gasteiger partial charge in [0.1, 0.15) is 0 Å². The molecular formula is C14H15N3O. The van der Waals surface area contributed by atoms with E-state index >= 15 is 0 Å². The van der Waals surface area contributed by atoms with Crippen molar-refractivity contribution < 1.29 is 4.79 Å². The van der Waals surface area contributed by atoms with Crippen LogP contribution in [0.5, 0.6) is 0 Å². The predicted octanol–water partition coefficient (Wildman–Crippen LogP) is 2.53. The lowest BCUT2D eigenvalue weighted by Gasteiger charge is -2.09. The molecule has 2 aromatic rings. The lowest BCUT2D eigenvalue weighted by molar-refractivity contribution is 0.102. The van der Waals surface area contributed by atoms with E-state index in [0.717, 1.165) is 16.9 Å². The second kappa shape index (κ2) is 4.87. The van der Waals surface area contributed by atoms with Gasteiger partial charge in [0.05, 0.1) is 0 Å². The van der Waals surface area contributed by atoms with Crippen molar-refractivity contribution in [2.24, 2.45) is 0 Å². The van der Waals surface area contributed by atoms with Gasteiger partial charge in [-0.1, -0.05) is 6.07 Å². The molecule has 0 spiro atoms. The second-order valence-electron chi connectivity index (χ2n) is 4.16. The van der Waals surface area contributed by atoms with E-state index in [1.807, 2.05) is 19.9 Å². The first-order valence-electron chi connectivity index (χ1n) is 5.67. The largest absolute Gasteiger partial charge is 0.398 e. The molecule has 0 bridgehead atoms. The number of amides is 1. The van der Waals surface area contributed by atoms with E-state index in [2.05, 4.69) is 10.3 Å². The van der Waals surface area contributed by atoms with Crippen LogP contribution in [0, 0.1) is 13.8 Å². The fraction of sp³-hybridized carbons (Fsp3) is 0.143. The van der Waals surface area contributed by atoms with E-state index in [1.165, 1.54) is 0 Å². The van der Waals surface area contributed by atoms with Crippen molar-refractivity contribution in [3.63, 3.8) is 0 Å². The molecule has 0 aliphatic carbocycles. The lowest BCUT2D eigenvalue weighted by Crippen LogP contribution is -2.14. The van der Waals surface area contributed by atoms with Crippen LogP contribution in [0.2, 0.25) is 0 Å². The Morgan fingerprint density at radius 2 is 2.06 bits per heavy atom. The molecule has 0 saturated heterocycles. The monoisotopic (exact) mass is 241 g/mol. The number of nitrogen functional groups attached to an aromatic ring is 1. The van der Waals surface area contributed by atoms with Gasteiger partial charge < -0.3 is 11.1 Å². The average Bonchev–Trinajstić information content (AvgIpc) is 2.32. The Balaban J connectivity index is 2.25. The third-order valence-electron chi connectivity index (χ3n) is 2.77. The topological polar surface area (TPSA) is 68.0 Å². The highest BCUT2D eigenvalue weighted by Gasteiger charge is 2.10. The highest BCUT2D eigenvalue weighted by Crippen LogP contribution is 2.17. The van der Waals surface area contributed by atoms with Crippen molar-refractivity contribution in [1.82, 2.24) is 4.98 Å². The van der Waals surface area contributed by atoms with E-state index in [-0.39, 0.29) is 5.91 Å². The number of hydrogen-bond donors (Lipinski definition) is 2. The van der Waals surface area contributed by atoms with E-state index in [0.29, 0.717) is 11.3 Å². The third-order valence-corrected chi connectivity index (χ3v) is 2.77. The Morgan fingerprint density at radius 3 is 2.78 bits per heavy atom. The molecule has 0 radical (unpaired) electrons. The Hall–Kier alpha value is -2.36. The van der Waals surface area contributed by atoms with E-state index in [4.69, 9.17) is 5.73 Å². The molecule has 0 aliphatic heterocycles. The van der Waals surface area contributed by atoms with Gasteiger partial charge in [-0.3, -0.25) is 9.78 Å². The number of pyridine rings is 1. The number of nitrogens with one attached hydrogen (secondary N) is 1. The Labute approximate surface area is 106 Å². The van der Waals surface area contributed by atoms with Crippen molar-refractivity contribution in [1.29, 1.82) is 0 Å². The number of aryl methyl sites for hydroxylation is 1. The zero-order valence-corrected chi connectivity index (χ0v) is 10.4. The summed E-state index contributed by atoms with van der Waals surface area (Å²) in [6.07, 6.45) is 1.66. The fourth-order valence-electron chi connectivity index (χ4n) is 1.72. The Morgan fingerprint density at radius 1 is 1.28 bits per heavy atom. The molecular weight excluding hydrogens is 226 g/mol. The minimum atomic E-state index is -0.162. The van der Waals surface area contributed by atoms with Crippen LogP contribution in [-0.2, 0) is 0 Å². The summed E-state index contributed by atoms with van der Waals surface area (Å²) < 4.78 is 0. The van der Waals surface area contributed by atoms with Crippen molar-refractivity contribution in [2.45, 2.75) is 13.8 Å². The predicted molar refractivity (Wildman–Crippen MR) is 72.5 cm³/mol. The van der Waals surface area contributed by atoms with Crippen LogP contribution in [0.25, 0.3) is 0 Å². The highest BCUT2D eigenvalue weighted by atomic mass is 16.1. The summed E-state index contributed by atoms with van der Waals surface area (Å²) in [5, 5.41) is 2.83. The fourth-order valence-corrected chi connectivity index (χ4v) is 1.72. The normalized spacial score (nSPS) is 10.1. The molecule has 1 amide bonds. The zero-order valence-electron chi connectivity index (χ0n) is 10.4. The van der Waals surface area contributed by atoms with Crippen LogP contribution >= 0.6 is 0 Å². The number of benzene rings is 1. The summed E-state index contributed by atoms with van der Waals surface area (Å²) in [6.45, 7) is 3.71. The molecule has 0 atom stereocenters. The minimum Gasteiger partial charge on any atom is -0.398 e. The number of aromatic nitrogens is 1. The maximum atomic E-state index is 12.1. The average molecular weight is 241 g/mol. The molecule has 4 heteroatoms. The number of rotatable bonds is 2. The smallest absolute Gasteiger partial charge is 0.256 e. The van der Waals surface area contributed by atoms with Gasteiger partial charge in [-0.25, -0.2) is 0 Å². The first-order valence-corrected chi connectivity index (χ1v) is 5.67. The Bertz CT molecular complexity index is 593. The summed E-state index contributed by atoms with van der Waals surface area (Å²) in [5.41, 5.74) is 9.37. The standard InChI is InChI=1S/C14H15N3O/c1-9-8-11(6-7-16-9)17-14(18)12-4-3-5-13(15)10(12)2/h3-8H,15H2,1-2H3,(H,16,17,18). The van der Waals surface area contributed by atoms with Gasteiger partial charge in [0, 0.05) is 28.8 Å². The molecule has 92 valence electrons. The third kappa shape index (κ3) is 2.48. The number of nitrogens with two attached hydrogens (primary N) is 1. The lowest BCUT2D eigenvalue weighted by atomic mass is 10.1. The Kier molecular flexibility index (Phi) is 3.28. The summed E-state index contributed by atoms with van der Waals surface area (Å²) in [5.74, 6) is -0.162. The van der Waals surface area contributed by atoms with Crippen molar-refractivity contribution in [2.75, 3.05) is 11.1 Å². The number of hydrogen-bond acceptors (Lipinski definition) is 3. The first-order chi connectivity index (χ1) is 8.58. The quantitative estimate of drug-likeness (QED) is 0.794. The SMILES string of the molecule is Cc1cc(NC(=O)c2cccc(N)c2C)ccn1. The van der Waals surface area contributed by atoms with Crippen molar-refractivity contribution in [3.8, 4) is 0 Å². The van der Waals surface area contributed by atoms with Crippen LogP contribution in [0.15, 0.2) is 36.5 Å². The van der Waals surface area contributed by atoms with Crippen LogP contribution in [0.3, 0.4) is 0 Å². The molecule has 1 aromatic carbocycles. The maximum Gasteiger partial charge on any atom is 0.256 e. The molecule has 18 heavy (non-hydrogen) atoms. The summed E-state index contributed by atoms with van der Waals surface area (Å²) >= 11 is 0. The molecule has 0 fully saturated rings. The molecule has 4 nitrogen and oxygen atoms in total. The van der Waals surface area contributed by atoms with Gasteiger partial charge in [-0.15, -0.1) is 0 Å². The minimum absolute atomic E-state index is 0.162. The number of carbonyl (C=O) groups is 1. The van der Waals surface area contributed by atoms with Crippen LogP contribution < -0.4 is 11.1 Å². The molecule has 0 unspecified atom stereocenters. The zero-order chi connectivity index (χ0) is 13.1. The highest BCUT2D eigenvalue weighted by molar-refractivity contribution is 6.06. The second-order valence-corrected chi connectivity index (χ2v) is 4.16. The van der Waals surface area contributed by atoms with Crippen LogP contribution in [-0.4, -0.2) is 10.9 Å². The van der Waals surface area contributed by atoms with Crippen LogP contribution in [0.4, 0.5) is 11.4 Å². The number of carbonyl (C=O) groups excluding carboxylic acids is 1. The molecule has 0 aliphatic rings. The van der Waals surface area contributed by atoms with Gasteiger partial charge in [0.25, 0.3) is 5.91 Å². The molecule has 1 heterocycles. The van der Waals surface area contributed by atoms with Gasteiger partial charge in [0.15, 0.2) is 0 Å². The van der Waals surface area contributed by atoms with Gasteiger partial charge in [-0.2, -0.15) is 0 Å². The van der Waals surface area contributed by atoms with Crippen molar-refractivity contribution in [3.05, 3.63) is 53.3 Å². The summed E-state index contributed by atoms with van der Waals surface area (Å²) in [7, 11) is 0. The van der Waals surface area contributed by atoms with Gasteiger partial charge in [0.2, 0.25) is 0 Å². The molecule has 1 aromatic heterocycles. The van der Waals surface area contributed by atoms with Crippen LogP contribution in [0.1, 0.15) is 21.6 Å². The summed E-state index contributed by atoms with van der Waals surface area (Å²) in [4.78, 5) is 16.2. The molecule has 3 N–H and O–H groups in total. The number of nitrogens with zero attached hydrogens (tertiary/aromatic N) is 1. The first kappa shape index (κ1) is 12.1. The maximum absolute atomic E-state index is 12.1. The van der Waals surface area contributed by atoms with E-state index in [1.54, 1.807) is 30.5 Å². The molecule has 0 saturated carbocycles. The number of anilines is 2. The van der Waals surface area contributed by atoms with Gasteiger partial charge in [-0.05, 0) is 43.7 Å². The van der Waals surface area contributed by atoms with E-state index < -0.39 is 0 Å². The molecule has 2 rings (SSSR count).